The molecule has 0 aliphatic rings. The third-order valence-corrected chi connectivity index (χ3v) is 1.64. The molecule has 2 N–H and O–H groups in total. The smallest absolute Gasteiger partial charge is 1.00 e. The van der Waals surface area contributed by atoms with Crippen molar-refractivity contribution in [3.05, 3.63) is 0 Å². The van der Waals surface area contributed by atoms with E-state index in [-0.39, 0.29) is 50.9 Å². The first kappa shape index (κ1) is 22.5. The van der Waals surface area contributed by atoms with Gasteiger partial charge in [-0.1, -0.05) is 0 Å². The van der Waals surface area contributed by atoms with E-state index in [9.17, 15) is 0 Å². The van der Waals surface area contributed by atoms with Crippen molar-refractivity contribution in [3.8, 4) is 0 Å². The zero-order chi connectivity index (χ0) is 4.83. The number of hydrogen-bond acceptors (Lipinski definition) is 1. The average Bonchev–Trinajstić information content (AvgIpc) is 1.61. The largest absolute Gasteiger partial charge is 1.00 e. The molecule has 0 rings (SSSR count). The molecular weight excluding hydrogens is 420 g/mol. The molecule has 5 heteroatoms. The third kappa shape index (κ3) is 25.4. The normalized spacial score (nSPS) is 6.11. The van der Waals surface area contributed by atoms with Gasteiger partial charge in [-0.05, 0) is 0 Å². The SMILES string of the molecule is NCCC[CH2][Sn+3].[Br-].[Br-].[Br-]. The van der Waals surface area contributed by atoms with Gasteiger partial charge in [0.15, 0.2) is 0 Å². The van der Waals surface area contributed by atoms with Gasteiger partial charge in [-0.2, -0.15) is 0 Å². The molecule has 0 spiro atoms. The topological polar surface area (TPSA) is 26.0 Å². The molecule has 0 aromatic heterocycles. The fourth-order valence-electron chi connectivity index (χ4n) is 0.269. The van der Waals surface area contributed by atoms with E-state index in [0.29, 0.717) is 0 Å². The van der Waals surface area contributed by atoms with Gasteiger partial charge in [0.2, 0.25) is 0 Å². The minimum absolute atomic E-state index is 0. The van der Waals surface area contributed by atoms with Gasteiger partial charge in [0.25, 0.3) is 0 Å². The molecule has 0 unspecified atom stereocenters. The molecule has 0 heterocycles. The molecule has 0 atom stereocenters. The fourth-order valence-corrected chi connectivity index (χ4v) is 0.983. The van der Waals surface area contributed by atoms with Gasteiger partial charge in [-0.3, -0.25) is 0 Å². The molecule has 0 amide bonds. The molecule has 0 saturated heterocycles. The van der Waals surface area contributed by atoms with E-state index in [4.69, 9.17) is 5.73 Å². The second-order valence-electron chi connectivity index (χ2n) is 1.25. The van der Waals surface area contributed by atoms with Crippen molar-refractivity contribution in [1.82, 2.24) is 0 Å². The number of unbranched alkanes of at least 4 members (excludes halogenated alkanes) is 1. The van der Waals surface area contributed by atoms with E-state index in [0.717, 1.165) is 6.54 Å². The van der Waals surface area contributed by atoms with Crippen molar-refractivity contribution in [2.24, 2.45) is 5.73 Å². The van der Waals surface area contributed by atoms with Gasteiger partial charge in [0.05, 0.1) is 0 Å². The van der Waals surface area contributed by atoms with Crippen LogP contribution in [0, 0.1) is 0 Å². The molecule has 56 valence electrons. The standard InChI is InChI=1S/C4H10N.3BrH.Sn/c1-2-3-4-5;;;;/h1-5H2;3*1H;/q;;;;+3/p-3. The Morgan fingerprint density at radius 2 is 1.44 bits per heavy atom. The maximum absolute atomic E-state index is 5.22. The van der Waals surface area contributed by atoms with Crippen LogP contribution in [0.2, 0.25) is 4.44 Å². The Kier molecular flexibility index (Phi) is 56.1. The predicted molar refractivity (Wildman–Crippen MR) is 28.8 cm³/mol. The van der Waals surface area contributed by atoms with Crippen LogP contribution in [0.4, 0.5) is 0 Å². The number of hydrogen-bond donors (Lipinski definition) is 1. The first-order valence-electron chi connectivity index (χ1n) is 2.26. The second kappa shape index (κ2) is 22.5. The van der Waals surface area contributed by atoms with E-state index < -0.39 is 0 Å². The summed E-state index contributed by atoms with van der Waals surface area (Å²) in [5.74, 6) is 0. The maximum atomic E-state index is 5.22. The summed E-state index contributed by atoms with van der Waals surface area (Å²) in [5, 5.41) is 0. The van der Waals surface area contributed by atoms with Crippen molar-refractivity contribution in [2.75, 3.05) is 6.54 Å². The van der Waals surface area contributed by atoms with E-state index in [1.54, 1.807) is 22.5 Å². The van der Waals surface area contributed by atoms with Crippen LogP contribution in [0.1, 0.15) is 12.8 Å². The maximum Gasteiger partial charge on any atom is -1.00 e. The average molecular weight is 431 g/mol. The second-order valence-corrected chi connectivity index (χ2v) is 2.67. The molecular formula is C4H10Br3NSn. The zero-order valence-corrected chi connectivity index (χ0v) is 12.7. The van der Waals surface area contributed by atoms with Crippen LogP contribution in [-0.4, -0.2) is 29.1 Å². The van der Waals surface area contributed by atoms with Crippen LogP contribution in [-0.2, 0) is 0 Å². The van der Waals surface area contributed by atoms with E-state index in [1.807, 2.05) is 0 Å². The molecule has 0 radical (unpaired) electrons. The Balaban J connectivity index is -0.0000000417. The Bertz CT molecular complexity index is 27.8. The van der Waals surface area contributed by atoms with Crippen LogP contribution in [0.3, 0.4) is 0 Å². The molecule has 9 heavy (non-hydrogen) atoms. The summed E-state index contributed by atoms with van der Waals surface area (Å²) >= 11 is 1.64. The molecule has 0 fully saturated rings. The van der Waals surface area contributed by atoms with Gasteiger partial charge >= 0.3 is 52.1 Å². The molecule has 0 aromatic rings. The first-order valence-corrected chi connectivity index (χ1v) is 4.28. The summed E-state index contributed by atoms with van der Waals surface area (Å²) in [7, 11) is 0. The third-order valence-electron chi connectivity index (χ3n) is 0.631. The van der Waals surface area contributed by atoms with Crippen LogP contribution in [0.5, 0.6) is 0 Å². The van der Waals surface area contributed by atoms with Gasteiger partial charge < -0.3 is 50.9 Å². The van der Waals surface area contributed by atoms with Crippen molar-refractivity contribution < 1.29 is 50.9 Å². The molecule has 0 aliphatic heterocycles. The Morgan fingerprint density at radius 1 is 1.00 bits per heavy atom. The first-order chi connectivity index (χ1) is 2.91. The summed E-state index contributed by atoms with van der Waals surface area (Å²) in [5.41, 5.74) is 5.22. The van der Waals surface area contributed by atoms with Gasteiger partial charge in [0, 0.05) is 0 Å². The summed E-state index contributed by atoms with van der Waals surface area (Å²) < 4.78 is 1.36. The fraction of sp³-hybridized carbons (Fsp3) is 1.00. The monoisotopic (exact) mass is 429 g/mol. The van der Waals surface area contributed by atoms with Gasteiger partial charge in [-0.15, -0.1) is 0 Å². The minimum atomic E-state index is 0. The number of halogens is 3. The van der Waals surface area contributed by atoms with Crippen molar-refractivity contribution in [3.63, 3.8) is 0 Å². The Morgan fingerprint density at radius 3 is 1.56 bits per heavy atom. The van der Waals surface area contributed by atoms with E-state index in [1.165, 1.54) is 17.3 Å². The summed E-state index contributed by atoms with van der Waals surface area (Å²) in [6, 6.07) is 0. The number of rotatable bonds is 3. The summed E-state index contributed by atoms with van der Waals surface area (Å²) in [4.78, 5) is 0. The van der Waals surface area contributed by atoms with Crippen molar-refractivity contribution >= 4 is 22.5 Å². The molecule has 0 bridgehead atoms. The Hall–Kier alpha value is 2.20. The van der Waals surface area contributed by atoms with Crippen molar-refractivity contribution in [1.29, 1.82) is 0 Å². The van der Waals surface area contributed by atoms with E-state index >= 15 is 0 Å². The van der Waals surface area contributed by atoms with E-state index in [2.05, 4.69) is 0 Å². The predicted octanol–water partition coefficient (Wildman–Crippen LogP) is -8.68. The molecule has 0 aromatic carbocycles. The van der Waals surface area contributed by atoms with Crippen LogP contribution < -0.4 is 56.7 Å². The summed E-state index contributed by atoms with van der Waals surface area (Å²) in [6.45, 7) is 0.869. The molecule has 0 saturated carbocycles. The van der Waals surface area contributed by atoms with Crippen molar-refractivity contribution in [2.45, 2.75) is 17.3 Å². The Labute approximate surface area is 102 Å². The quantitative estimate of drug-likeness (QED) is 0.349. The van der Waals surface area contributed by atoms with Crippen LogP contribution in [0.25, 0.3) is 0 Å². The van der Waals surface area contributed by atoms with Gasteiger partial charge in [0.1, 0.15) is 0 Å². The molecule has 1 nitrogen and oxygen atoms in total. The molecule has 0 aliphatic carbocycles. The minimum Gasteiger partial charge on any atom is -1.00 e. The van der Waals surface area contributed by atoms with Crippen LogP contribution >= 0.6 is 0 Å². The number of nitrogens with two attached hydrogens (primary N) is 1. The van der Waals surface area contributed by atoms with Crippen LogP contribution in [0.15, 0.2) is 0 Å². The summed E-state index contributed by atoms with van der Waals surface area (Å²) in [6.07, 6.45) is 2.54. The van der Waals surface area contributed by atoms with Gasteiger partial charge in [-0.25, -0.2) is 0 Å². The zero-order valence-electron chi connectivity index (χ0n) is 5.04.